The molecule has 124 valence electrons. The fourth-order valence-corrected chi connectivity index (χ4v) is 2.87. The van der Waals surface area contributed by atoms with Crippen LogP contribution in [0.2, 0.25) is 0 Å². The first kappa shape index (κ1) is 16.3. The van der Waals surface area contributed by atoms with Gasteiger partial charge in [0.25, 0.3) is 0 Å². The molecule has 1 aromatic carbocycles. The number of halogens is 5. The van der Waals surface area contributed by atoms with Gasteiger partial charge in [0.2, 0.25) is 0 Å². The van der Waals surface area contributed by atoms with Crippen molar-refractivity contribution < 1.29 is 27.1 Å². The van der Waals surface area contributed by atoms with Gasteiger partial charge in [-0.3, -0.25) is 4.98 Å². The number of fused-ring (bicyclic) bond motifs is 1. The van der Waals surface area contributed by atoms with Crippen molar-refractivity contribution in [3.05, 3.63) is 52.6 Å². The van der Waals surface area contributed by atoms with Crippen LogP contribution < -0.4 is 0 Å². The third-order valence-corrected chi connectivity index (χ3v) is 3.87. The quantitative estimate of drug-likeness (QED) is 0.805. The zero-order chi connectivity index (χ0) is 17.6. The SMILES string of the molecule is N#Cc1cc(F)cc(-c2cnc(C(F)(F)F)c3c2CC(F)[C@H]3O)c1. The predicted octanol–water partition coefficient (Wildman–Crippen LogP) is 3.71. The topological polar surface area (TPSA) is 56.9 Å². The second kappa shape index (κ2) is 5.53. The number of aliphatic hydroxyl groups is 1. The molecule has 0 fully saturated rings. The molecule has 0 radical (unpaired) electrons. The highest BCUT2D eigenvalue weighted by molar-refractivity contribution is 5.71. The van der Waals surface area contributed by atoms with Crippen molar-refractivity contribution in [1.29, 1.82) is 5.26 Å². The molecule has 2 aromatic rings. The van der Waals surface area contributed by atoms with E-state index in [0.29, 0.717) is 0 Å². The van der Waals surface area contributed by atoms with Gasteiger partial charge in [0.05, 0.1) is 11.6 Å². The molecule has 1 aromatic heterocycles. The third kappa shape index (κ3) is 2.61. The van der Waals surface area contributed by atoms with E-state index in [1.54, 1.807) is 6.07 Å². The van der Waals surface area contributed by atoms with E-state index in [0.717, 1.165) is 18.3 Å². The predicted molar refractivity (Wildman–Crippen MR) is 72.9 cm³/mol. The van der Waals surface area contributed by atoms with Crippen LogP contribution >= 0.6 is 0 Å². The summed E-state index contributed by atoms with van der Waals surface area (Å²) in [6, 6.07) is 4.99. The second-order valence-electron chi connectivity index (χ2n) is 5.42. The number of pyridine rings is 1. The Labute approximate surface area is 133 Å². The number of nitrogens with zero attached hydrogens (tertiary/aromatic N) is 2. The number of hydrogen-bond acceptors (Lipinski definition) is 3. The zero-order valence-corrected chi connectivity index (χ0v) is 11.9. The van der Waals surface area contributed by atoms with Crippen LogP contribution in [0.15, 0.2) is 24.4 Å². The fourth-order valence-electron chi connectivity index (χ4n) is 2.87. The minimum atomic E-state index is -4.85. The molecule has 0 saturated carbocycles. The lowest BCUT2D eigenvalue weighted by Crippen LogP contribution is -2.15. The van der Waals surface area contributed by atoms with Crippen molar-refractivity contribution in [1.82, 2.24) is 4.98 Å². The van der Waals surface area contributed by atoms with Gasteiger partial charge in [-0.15, -0.1) is 0 Å². The first-order valence-corrected chi connectivity index (χ1v) is 6.84. The summed E-state index contributed by atoms with van der Waals surface area (Å²) in [6.07, 6.45) is -8.30. The van der Waals surface area contributed by atoms with Crippen LogP contribution in [0.4, 0.5) is 22.0 Å². The van der Waals surface area contributed by atoms with Crippen molar-refractivity contribution in [2.45, 2.75) is 24.9 Å². The molecular formula is C16H9F5N2O. The molecule has 1 aliphatic rings. The summed E-state index contributed by atoms with van der Waals surface area (Å²) in [4.78, 5) is 3.31. The van der Waals surface area contributed by atoms with Gasteiger partial charge in [0.1, 0.15) is 18.1 Å². The molecular weight excluding hydrogens is 331 g/mol. The lowest BCUT2D eigenvalue weighted by atomic mass is 9.96. The van der Waals surface area contributed by atoms with Crippen molar-refractivity contribution in [3.8, 4) is 17.2 Å². The average molecular weight is 340 g/mol. The van der Waals surface area contributed by atoms with Gasteiger partial charge in [-0.05, 0) is 29.3 Å². The normalized spacial score (nSPS) is 19.9. The van der Waals surface area contributed by atoms with Crippen LogP contribution in [0.1, 0.15) is 28.5 Å². The number of alkyl halides is 4. The first-order valence-electron chi connectivity index (χ1n) is 6.84. The molecule has 3 rings (SSSR count). The Balaban J connectivity index is 2.26. The number of aliphatic hydroxyl groups excluding tert-OH is 1. The largest absolute Gasteiger partial charge is 0.433 e. The van der Waals surface area contributed by atoms with E-state index >= 15 is 0 Å². The van der Waals surface area contributed by atoms with E-state index in [4.69, 9.17) is 5.26 Å². The molecule has 0 spiro atoms. The Morgan fingerprint density at radius 3 is 2.58 bits per heavy atom. The van der Waals surface area contributed by atoms with Crippen LogP contribution in [0.5, 0.6) is 0 Å². The summed E-state index contributed by atoms with van der Waals surface area (Å²) >= 11 is 0. The summed E-state index contributed by atoms with van der Waals surface area (Å²) < 4.78 is 66.6. The van der Waals surface area contributed by atoms with E-state index in [-0.39, 0.29) is 22.3 Å². The highest BCUT2D eigenvalue weighted by atomic mass is 19.4. The van der Waals surface area contributed by atoms with Crippen LogP contribution in [-0.4, -0.2) is 16.3 Å². The summed E-state index contributed by atoms with van der Waals surface area (Å²) in [7, 11) is 0. The molecule has 1 N–H and O–H groups in total. The maximum atomic E-state index is 13.8. The Kier molecular flexibility index (Phi) is 3.76. The molecule has 0 bridgehead atoms. The van der Waals surface area contributed by atoms with E-state index in [1.807, 2.05) is 0 Å². The Morgan fingerprint density at radius 1 is 1.25 bits per heavy atom. The summed E-state index contributed by atoms with van der Waals surface area (Å²) in [5.41, 5.74) is -1.93. The Hall–Kier alpha value is -2.53. The summed E-state index contributed by atoms with van der Waals surface area (Å²) in [5.74, 6) is -0.756. The van der Waals surface area contributed by atoms with Gasteiger partial charge in [0.15, 0.2) is 5.69 Å². The maximum Gasteiger partial charge on any atom is 0.433 e. The van der Waals surface area contributed by atoms with Crippen molar-refractivity contribution >= 4 is 0 Å². The first-order chi connectivity index (χ1) is 11.2. The van der Waals surface area contributed by atoms with E-state index < -0.39 is 41.9 Å². The molecule has 8 heteroatoms. The summed E-state index contributed by atoms with van der Waals surface area (Å²) in [5, 5.41) is 18.7. The maximum absolute atomic E-state index is 13.8. The lowest BCUT2D eigenvalue weighted by Gasteiger charge is -2.16. The van der Waals surface area contributed by atoms with Gasteiger partial charge >= 0.3 is 6.18 Å². The molecule has 1 heterocycles. The summed E-state index contributed by atoms with van der Waals surface area (Å²) in [6.45, 7) is 0. The van der Waals surface area contributed by atoms with Crippen LogP contribution in [-0.2, 0) is 12.6 Å². The number of nitriles is 1. The minimum Gasteiger partial charge on any atom is -0.385 e. The van der Waals surface area contributed by atoms with Crippen molar-refractivity contribution in [2.24, 2.45) is 0 Å². The van der Waals surface area contributed by atoms with Crippen molar-refractivity contribution in [3.63, 3.8) is 0 Å². The Bertz CT molecular complexity index is 857. The van der Waals surface area contributed by atoms with Gasteiger partial charge in [-0.2, -0.15) is 18.4 Å². The molecule has 1 unspecified atom stereocenters. The zero-order valence-electron chi connectivity index (χ0n) is 11.9. The smallest absolute Gasteiger partial charge is 0.385 e. The highest BCUT2D eigenvalue weighted by Crippen LogP contribution is 2.45. The molecule has 2 atom stereocenters. The van der Waals surface area contributed by atoms with Crippen LogP contribution in [0.3, 0.4) is 0 Å². The average Bonchev–Trinajstić information content (AvgIpc) is 2.80. The van der Waals surface area contributed by atoms with Gasteiger partial charge in [-0.1, -0.05) is 0 Å². The second-order valence-corrected chi connectivity index (χ2v) is 5.42. The van der Waals surface area contributed by atoms with E-state index in [9.17, 15) is 27.1 Å². The molecule has 24 heavy (non-hydrogen) atoms. The number of rotatable bonds is 1. The van der Waals surface area contributed by atoms with Gasteiger partial charge in [0, 0.05) is 23.7 Å². The Morgan fingerprint density at radius 2 is 1.96 bits per heavy atom. The lowest BCUT2D eigenvalue weighted by molar-refractivity contribution is -0.142. The number of hydrogen-bond donors (Lipinski definition) is 1. The third-order valence-electron chi connectivity index (χ3n) is 3.87. The van der Waals surface area contributed by atoms with E-state index in [1.165, 1.54) is 6.07 Å². The number of benzene rings is 1. The van der Waals surface area contributed by atoms with E-state index in [2.05, 4.69) is 4.98 Å². The monoisotopic (exact) mass is 340 g/mol. The highest BCUT2D eigenvalue weighted by Gasteiger charge is 2.44. The molecule has 0 amide bonds. The van der Waals surface area contributed by atoms with Crippen molar-refractivity contribution in [2.75, 3.05) is 0 Å². The molecule has 0 aliphatic heterocycles. The standard InChI is InChI=1S/C16H9F5N2O/c17-9-2-7(5-22)1-8(3-9)11-6-23-15(16(19,20)21)13-10(11)4-12(18)14(13)24/h1-3,6,12,14,24H,4H2/t12?,14-/m1/s1. The van der Waals surface area contributed by atoms with Crippen LogP contribution in [0.25, 0.3) is 11.1 Å². The fraction of sp³-hybridized carbons (Fsp3) is 0.250. The molecule has 3 nitrogen and oxygen atoms in total. The minimum absolute atomic E-state index is 0.0333. The number of aromatic nitrogens is 1. The van der Waals surface area contributed by atoms with Gasteiger partial charge in [-0.25, -0.2) is 8.78 Å². The van der Waals surface area contributed by atoms with Crippen LogP contribution in [0, 0.1) is 17.1 Å². The van der Waals surface area contributed by atoms with Gasteiger partial charge < -0.3 is 5.11 Å². The molecule has 0 saturated heterocycles. The molecule has 1 aliphatic carbocycles.